The van der Waals surface area contributed by atoms with Crippen molar-refractivity contribution in [2.24, 2.45) is 0 Å². The normalized spacial score (nSPS) is 10.7. The highest BCUT2D eigenvalue weighted by Gasteiger charge is 2.20. The Kier molecular flexibility index (Phi) is 6.30. The number of nitrogens with zero attached hydrogens (tertiary/aromatic N) is 4. The van der Waals surface area contributed by atoms with Crippen molar-refractivity contribution in [1.82, 2.24) is 19.6 Å². The Hall–Kier alpha value is -3.48. The molecule has 0 radical (unpaired) electrons. The number of hydrogen-bond donors (Lipinski definition) is 0. The molecule has 156 valence electrons. The second-order valence-corrected chi connectivity index (χ2v) is 7.25. The lowest BCUT2D eigenvalue weighted by atomic mass is 10.1. The topological polar surface area (TPSA) is 58.4 Å². The van der Waals surface area contributed by atoms with Gasteiger partial charge in [-0.25, -0.2) is 9.07 Å². The van der Waals surface area contributed by atoms with E-state index in [1.54, 1.807) is 54.1 Å². The number of carbonyl (C=O) groups is 2. The highest BCUT2D eigenvalue weighted by molar-refractivity contribution is 5.95. The van der Waals surface area contributed by atoms with Gasteiger partial charge in [-0.3, -0.25) is 9.59 Å². The monoisotopic (exact) mass is 408 g/mol. The highest BCUT2D eigenvalue weighted by atomic mass is 19.1. The zero-order valence-electron chi connectivity index (χ0n) is 17.6. The predicted molar refractivity (Wildman–Crippen MR) is 113 cm³/mol. The SMILES string of the molecule is CCN(Cc1ccc(C(=O)N(C)C)cc1)C(=O)c1cnn(-c2ccc(F)cc2)c1C. The van der Waals surface area contributed by atoms with Crippen molar-refractivity contribution in [3.8, 4) is 5.69 Å². The summed E-state index contributed by atoms with van der Waals surface area (Å²) in [6.45, 7) is 4.69. The van der Waals surface area contributed by atoms with Crippen molar-refractivity contribution in [2.75, 3.05) is 20.6 Å². The number of aromatic nitrogens is 2. The summed E-state index contributed by atoms with van der Waals surface area (Å²) in [7, 11) is 3.42. The van der Waals surface area contributed by atoms with Gasteiger partial charge in [0.2, 0.25) is 0 Å². The number of rotatable bonds is 6. The maximum Gasteiger partial charge on any atom is 0.257 e. The van der Waals surface area contributed by atoms with Gasteiger partial charge in [-0.15, -0.1) is 0 Å². The molecule has 0 atom stereocenters. The van der Waals surface area contributed by atoms with E-state index in [0.717, 1.165) is 5.56 Å². The molecule has 30 heavy (non-hydrogen) atoms. The second-order valence-electron chi connectivity index (χ2n) is 7.25. The molecule has 0 unspecified atom stereocenters. The average Bonchev–Trinajstić information content (AvgIpc) is 3.13. The van der Waals surface area contributed by atoms with Crippen LogP contribution in [0.2, 0.25) is 0 Å². The summed E-state index contributed by atoms with van der Waals surface area (Å²) in [6.07, 6.45) is 1.54. The van der Waals surface area contributed by atoms with Crippen LogP contribution in [-0.2, 0) is 6.54 Å². The summed E-state index contributed by atoms with van der Waals surface area (Å²) < 4.78 is 14.8. The standard InChI is InChI=1S/C23H25FN4O2/c1-5-27(15-17-6-8-18(9-7-17)22(29)26(3)4)23(30)21-14-25-28(16(21)2)20-12-10-19(24)11-13-20/h6-14H,5,15H2,1-4H3. The zero-order valence-corrected chi connectivity index (χ0v) is 17.6. The quantitative estimate of drug-likeness (QED) is 0.625. The summed E-state index contributed by atoms with van der Waals surface area (Å²) in [5.41, 5.74) is 3.42. The lowest BCUT2D eigenvalue weighted by Crippen LogP contribution is -2.30. The van der Waals surface area contributed by atoms with Crippen molar-refractivity contribution in [2.45, 2.75) is 20.4 Å². The molecule has 3 aromatic rings. The predicted octanol–water partition coefficient (Wildman–Crippen LogP) is 3.68. The van der Waals surface area contributed by atoms with E-state index in [9.17, 15) is 14.0 Å². The fraction of sp³-hybridized carbons (Fsp3) is 0.261. The van der Waals surface area contributed by atoms with Gasteiger partial charge in [0, 0.05) is 32.7 Å². The Balaban J connectivity index is 1.78. The minimum atomic E-state index is -0.324. The number of benzene rings is 2. The van der Waals surface area contributed by atoms with Crippen molar-refractivity contribution < 1.29 is 14.0 Å². The van der Waals surface area contributed by atoms with Gasteiger partial charge < -0.3 is 9.80 Å². The van der Waals surface area contributed by atoms with Crippen molar-refractivity contribution in [1.29, 1.82) is 0 Å². The van der Waals surface area contributed by atoms with Crippen LogP contribution in [0.3, 0.4) is 0 Å². The molecule has 0 fully saturated rings. The minimum Gasteiger partial charge on any atom is -0.345 e. The van der Waals surface area contributed by atoms with Crippen LogP contribution in [0.1, 0.15) is 38.9 Å². The molecular formula is C23H25FN4O2. The van der Waals surface area contributed by atoms with Gasteiger partial charge in [-0.1, -0.05) is 12.1 Å². The average molecular weight is 408 g/mol. The first-order valence-corrected chi connectivity index (χ1v) is 9.72. The third kappa shape index (κ3) is 4.40. The largest absolute Gasteiger partial charge is 0.345 e. The van der Waals surface area contributed by atoms with Crippen LogP contribution >= 0.6 is 0 Å². The van der Waals surface area contributed by atoms with Crippen LogP contribution in [0.4, 0.5) is 4.39 Å². The zero-order chi connectivity index (χ0) is 21.8. The lowest BCUT2D eigenvalue weighted by Gasteiger charge is -2.21. The first-order chi connectivity index (χ1) is 14.3. The Labute approximate surface area is 175 Å². The molecule has 7 heteroatoms. The molecule has 1 heterocycles. The van der Waals surface area contributed by atoms with Crippen molar-refractivity contribution >= 4 is 11.8 Å². The van der Waals surface area contributed by atoms with E-state index in [0.29, 0.717) is 35.6 Å². The summed E-state index contributed by atoms with van der Waals surface area (Å²) in [4.78, 5) is 28.4. The molecule has 2 aromatic carbocycles. The number of amides is 2. The fourth-order valence-corrected chi connectivity index (χ4v) is 3.19. The molecule has 0 aliphatic heterocycles. The van der Waals surface area contributed by atoms with Crippen molar-refractivity contribution in [3.63, 3.8) is 0 Å². The van der Waals surface area contributed by atoms with Gasteiger partial charge in [0.25, 0.3) is 11.8 Å². The van der Waals surface area contributed by atoms with Gasteiger partial charge in [0.15, 0.2) is 0 Å². The lowest BCUT2D eigenvalue weighted by molar-refractivity contribution is 0.0750. The van der Waals surface area contributed by atoms with Crippen molar-refractivity contribution in [3.05, 3.63) is 82.9 Å². The molecule has 0 N–H and O–H groups in total. The van der Waals surface area contributed by atoms with Crippen LogP contribution < -0.4 is 0 Å². The van der Waals surface area contributed by atoms with Gasteiger partial charge in [-0.05, 0) is 55.8 Å². The molecule has 2 amide bonds. The summed E-state index contributed by atoms with van der Waals surface area (Å²) in [5, 5.41) is 4.31. The molecule has 0 spiro atoms. The molecule has 0 aliphatic carbocycles. The Morgan fingerprint density at radius 1 is 1.00 bits per heavy atom. The number of hydrogen-bond acceptors (Lipinski definition) is 3. The van der Waals surface area contributed by atoms with E-state index in [2.05, 4.69) is 5.10 Å². The smallest absolute Gasteiger partial charge is 0.257 e. The molecule has 0 saturated carbocycles. The third-order valence-corrected chi connectivity index (χ3v) is 4.96. The maximum atomic E-state index is 13.2. The first-order valence-electron chi connectivity index (χ1n) is 9.72. The van der Waals surface area contributed by atoms with E-state index in [4.69, 9.17) is 0 Å². The van der Waals surface area contributed by atoms with E-state index in [1.807, 2.05) is 26.0 Å². The summed E-state index contributed by atoms with van der Waals surface area (Å²) in [6, 6.07) is 13.2. The summed E-state index contributed by atoms with van der Waals surface area (Å²) in [5.74, 6) is -0.513. The first kappa shape index (κ1) is 21.2. The van der Waals surface area contributed by atoms with E-state index < -0.39 is 0 Å². The third-order valence-electron chi connectivity index (χ3n) is 4.96. The van der Waals surface area contributed by atoms with Crippen LogP contribution in [0.25, 0.3) is 5.69 Å². The molecule has 6 nitrogen and oxygen atoms in total. The second kappa shape index (κ2) is 8.90. The Morgan fingerprint density at radius 2 is 1.63 bits per heavy atom. The Morgan fingerprint density at radius 3 is 2.20 bits per heavy atom. The Bertz CT molecular complexity index is 1040. The molecule has 3 rings (SSSR count). The minimum absolute atomic E-state index is 0.0613. The van der Waals surface area contributed by atoms with Crippen LogP contribution in [0, 0.1) is 12.7 Å². The van der Waals surface area contributed by atoms with Gasteiger partial charge >= 0.3 is 0 Å². The van der Waals surface area contributed by atoms with Gasteiger partial charge in [0.1, 0.15) is 5.82 Å². The molecule has 1 aromatic heterocycles. The van der Waals surface area contributed by atoms with E-state index in [1.165, 1.54) is 17.0 Å². The molecule has 0 saturated heterocycles. The van der Waals surface area contributed by atoms with Crippen LogP contribution in [-0.4, -0.2) is 52.0 Å². The summed E-state index contributed by atoms with van der Waals surface area (Å²) >= 11 is 0. The fourth-order valence-electron chi connectivity index (χ4n) is 3.19. The van der Waals surface area contributed by atoms with Gasteiger partial charge in [-0.2, -0.15) is 5.10 Å². The molecular weight excluding hydrogens is 383 g/mol. The van der Waals surface area contributed by atoms with E-state index in [-0.39, 0.29) is 17.6 Å². The maximum absolute atomic E-state index is 13.2. The highest BCUT2D eigenvalue weighted by Crippen LogP contribution is 2.18. The van der Waals surface area contributed by atoms with Gasteiger partial charge in [0.05, 0.1) is 23.1 Å². The molecule has 0 bridgehead atoms. The number of carbonyl (C=O) groups excluding carboxylic acids is 2. The van der Waals surface area contributed by atoms with Crippen LogP contribution in [0.15, 0.2) is 54.7 Å². The number of halogens is 1. The molecule has 0 aliphatic rings. The van der Waals surface area contributed by atoms with Crippen LogP contribution in [0.5, 0.6) is 0 Å². The van der Waals surface area contributed by atoms with E-state index >= 15 is 0 Å².